The Labute approximate surface area is 126 Å². The second-order valence-electron chi connectivity index (χ2n) is 5.15. The van der Waals surface area contributed by atoms with Gasteiger partial charge in [-0.05, 0) is 19.3 Å². The molecule has 2 aromatic heterocycles. The van der Waals surface area contributed by atoms with Crippen LogP contribution in [0.15, 0.2) is 6.20 Å². The van der Waals surface area contributed by atoms with Crippen molar-refractivity contribution in [3.05, 3.63) is 17.7 Å². The van der Waals surface area contributed by atoms with E-state index in [2.05, 4.69) is 36.3 Å². The van der Waals surface area contributed by atoms with Gasteiger partial charge in [0.05, 0.1) is 18.8 Å². The predicted octanol–water partition coefficient (Wildman–Crippen LogP) is -0.667. The third kappa shape index (κ3) is 3.85. The second-order valence-corrected chi connectivity index (χ2v) is 5.15. The van der Waals surface area contributed by atoms with Crippen LogP contribution in [0.2, 0.25) is 0 Å². The number of amides is 1. The number of aromatic nitrogens is 7. The molecule has 1 unspecified atom stereocenters. The maximum Gasteiger partial charge on any atom is 0.273 e. The maximum atomic E-state index is 11.9. The van der Waals surface area contributed by atoms with Crippen LogP contribution in [0.3, 0.4) is 0 Å². The van der Waals surface area contributed by atoms with E-state index in [9.17, 15) is 4.79 Å². The summed E-state index contributed by atoms with van der Waals surface area (Å²) in [6.45, 7) is 1.96. The number of aromatic amines is 1. The topological polar surface area (TPSA) is 124 Å². The van der Waals surface area contributed by atoms with Crippen molar-refractivity contribution in [1.29, 1.82) is 0 Å². The third-order valence-corrected chi connectivity index (χ3v) is 3.44. The number of nitrogens with zero attached hydrogens (tertiary/aromatic N) is 6. The molecule has 10 heteroatoms. The highest BCUT2D eigenvalue weighted by molar-refractivity contribution is 5.91. The minimum Gasteiger partial charge on any atom is -0.376 e. The molecule has 0 bridgehead atoms. The summed E-state index contributed by atoms with van der Waals surface area (Å²) in [5.74, 6) is 0.406. The predicted molar refractivity (Wildman–Crippen MR) is 73.8 cm³/mol. The fourth-order valence-corrected chi connectivity index (χ4v) is 2.32. The minimum absolute atomic E-state index is 0.174. The number of rotatable bonds is 7. The van der Waals surface area contributed by atoms with Crippen molar-refractivity contribution in [2.45, 2.75) is 38.3 Å². The van der Waals surface area contributed by atoms with Crippen LogP contribution in [-0.4, -0.2) is 60.8 Å². The Morgan fingerprint density at radius 3 is 3.23 bits per heavy atom. The van der Waals surface area contributed by atoms with E-state index < -0.39 is 0 Å². The van der Waals surface area contributed by atoms with Gasteiger partial charge in [-0.15, -0.1) is 15.3 Å². The molecule has 2 N–H and O–H groups in total. The molecule has 0 aliphatic carbocycles. The van der Waals surface area contributed by atoms with E-state index in [0.717, 1.165) is 25.9 Å². The molecule has 2 aromatic rings. The minimum atomic E-state index is -0.230. The normalized spacial score (nSPS) is 17.7. The van der Waals surface area contributed by atoms with Gasteiger partial charge >= 0.3 is 0 Å². The molecule has 0 aromatic carbocycles. The van der Waals surface area contributed by atoms with Gasteiger partial charge in [0, 0.05) is 19.6 Å². The van der Waals surface area contributed by atoms with Crippen molar-refractivity contribution in [2.75, 3.05) is 13.2 Å². The van der Waals surface area contributed by atoms with E-state index in [1.165, 1.54) is 0 Å². The van der Waals surface area contributed by atoms with E-state index in [-0.39, 0.29) is 12.0 Å². The van der Waals surface area contributed by atoms with Crippen molar-refractivity contribution in [2.24, 2.45) is 0 Å². The summed E-state index contributed by atoms with van der Waals surface area (Å²) in [5, 5.41) is 24.2. The Morgan fingerprint density at radius 1 is 1.50 bits per heavy atom. The SMILES string of the molecule is O=C(NCCCc1nn[nH]n1)c1cn(CC2CCCO2)nn1. The molecule has 1 fully saturated rings. The number of tetrazole rings is 1. The number of nitrogens with one attached hydrogen (secondary N) is 2. The fourth-order valence-electron chi connectivity index (χ4n) is 2.32. The third-order valence-electron chi connectivity index (χ3n) is 3.44. The molecule has 0 spiro atoms. The van der Waals surface area contributed by atoms with Gasteiger partial charge in [-0.2, -0.15) is 5.21 Å². The van der Waals surface area contributed by atoms with Crippen molar-refractivity contribution in [3.63, 3.8) is 0 Å². The Balaban J connectivity index is 1.40. The number of aryl methyl sites for hydroxylation is 1. The summed E-state index contributed by atoms with van der Waals surface area (Å²) in [6, 6.07) is 0. The number of hydrogen-bond acceptors (Lipinski definition) is 7. The van der Waals surface area contributed by atoms with Gasteiger partial charge in [0.15, 0.2) is 11.5 Å². The van der Waals surface area contributed by atoms with E-state index >= 15 is 0 Å². The first-order valence-corrected chi connectivity index (χ1v) is 7.33. The summed E-state index contributed by atoms with van der Waals surface area (Å²) in [4.78, 5) is 11.9. The summed E-state index contributed by atoms with van der Waals surface area (Å²) >= 11 is 0. The molecule has 0 radical (unpaired) electrons. The van der Waals surface area contributed by atoms with Crippen LogP contribution in [0.4, 0.5) is 0 Å². The fraction of sp³-hybridized carbons (Fsp3) is 0.667. The van der Waals surface area contributed by atoms with Crippen molar-refractivity contribution >= 4 is 5.91 Å². The quantitative estimate of drug-likeness (QED) is 0.650. The average Bonchev–Trinajstić information content (AvgIpc) is 3.26. The smallest absolute Gasteiger partial charge is 0.273 e. The molecule has 3 heterocycles. The Bertz CT molecular complexity index is 590. The van der Waals surface area contributed by atoms with E-state index in [4.69, 9.17) is 4.74 Å². The molecule has 3 rings (SSSR count). The van der Waals surface area contributed by atoms with E-state index in [1.54, 1.807) is 10.9 Å². The molecule has 0 saturated carbocycles. The largest absolute Gasteiger partial charge is 0.376 e. The summed E-state index contributed by atoms with van der Waals surface area (Å²) < 4.78 is 7.19. The second kappa shape index (κ2) is 7.07. The molecular formula is C12H18N8O2. The van der Waals surface area contributed by atoms with Crippen molar-refractivity contribution < 1.29 is 9.53 Å². The summed E-state index contributed by atoms with van der Waals surface area (Å²) in [5.41, 5.74) is 0.317. The molecule has 118 valence electrons. The lowest BCUT2D eigenvalue weighted by atomic mass is 10.2. The molecule has 22 heavy (non-hydrogen) atoms. The Hall–Kier alpha value is -2.36. The lowest BCUT2D eigenvalue weighted by Gasteiger charge is -2.07. The molecule has 1 saturated heterocycles. The number of ether oxygens (including phenoxy) is 1. The van der Waals surface area contributed by atoms with Crippen LogP contribution in [0.1, 0.15) is 35.6 Å². The first-order chi connectivity index (χ1) is 10.8. The van der Waals surface area contributed by atoms with Crippen LogP contribution < -0.4 is 5.32 Å². The average molecular weight is 306 g/mol. The van der Waals surface area contributed by atoms with Gasteiger partial charge in [0.2, 0.25) is 0 Å². The highest BCUT2D eigenvalue weighted by Gasteiger charge is 2.18. The zero-order valence-corrected chi connectivity index (χ0v) is 12.1. The lowest BCUT2D eigenvalue weighted by Crippen LogP contribution is -2.25. The molecular weight excluding hydrogens is 288 g/mol. The van der Waals surface area contributed by atoms with Crippen LogP contribution in [0, 0.1) is 0 Å². The monoisotopic (exact) mass is 306 g/mol. The Morgan fingerprint density at radius 2 is 2.45 bits per heavy atom. The van der Waals surface area contributed by atoms with Gasteiger partial charge in [0.1, 0.15) is 0 Å². The van der Waals surface area contributed by atoms with Gasteiger partial charge in [-0.3, -0.25) is 4.79 Å². The first-order valence-electron chi connectivity index (χ1n) is 7.33. The van der Waals surface area contributed by atoms with Crippen LogP contribution in [-0.2, 0) is 17.7 Å². The number of hydrogen-bond donors (Lipinski definition) is 2. The van der Waals surface area contributed by atoms with Gasteiger partial charge in [-0.25, -0.2) is 4.68 Å². The molecule has 1 aliphatic heterocycles. The maximum absolute atomic E-state index is 11.9. The zero-order chi connectivity index (χ0) is 15.2. The van der Waals surface area contributed by atoms with Crippen molar-refractivity contribution in [1.82, 2.24) is 40.9 Å². The molecule has 1 aliphatic rings. The van der Waals surface area contributed by atoms with Crippen LogP contribution in [0.25, 0.3) is 0 Å². The Kier molecular flexibility index (Phi) is 4.68. The summed E-state index contributed by atoms with van der Waals surface area (Å²) in [6.07, 6.45) is 5.31. The highest BCUT2D eigenvalue weighted by Crippen LogP contribution is 2.13. The molecule has 1 amide bonds. The van der Waals surface area contributed by atoms with Crippen LogP contribution in [0.5, 0.6) is 0 Å². The van der Waals surface area contributed by atoms with Gasteiger partial charge in [-0.1, -0.05) is 10.4 Å². The number of carbonyl (C=O) groups is 1. The lowest BCUT2D eigenvalue weighted by molar-refractivity contribution is 0.0930. The van der Waals surface area contributed by atoms with E-state index in [0.29, 0.717) is 31.0 Å². The molecule has 1 atom stereocenters. The first kappa shape index (κ1) is 14.6. The number of H-pyrrole nitrogens is 1. The zero-order valence-electron chi connectivity index (χ0n) is 12.1. The number of carbonyl (C=O) groups excluding carboxylic acids is 1. The van der Waals surface area contributed by atoms with Gasteiger partial charge < -0.3 is 10.1 Å². The van der Waals surface area contributed by atoms with Crippen molar-refractivity contribution in [3.8, 4) is 0 Å². The standard InChI is InChI=1S/C12H18N8O2/c21-12(13-5-1-4-11-15-17-18-16-11)10-8-20(19-14-10)7-9-3-2-6-22-9/h8-9H,1-7H2,(H,13,21)(H,15,16,17,18). The van der Waals surface area contributed by atoms with E-state index in [1.807, 2.05) is 0 Å². The molecule has 10 nitrogen and oxygen atoms in total. The summed E-state index contributed by atoms with van der Waals surface area (Å²) in [7, 11) is 0. The van der Waals surface area contributed by atoms with Gasteiger partial charge in [0.25, 0.3) is 5.91 Å². The van der Waals surface area contributed by atoms with Crippen LogP contribution >= 0.6 is 0 Å². The highest BCUT2D eigenvalue weighted by atomic mass is 16.5.